The zero-order valence-corrected chi connectivity index (χ0v) is 17.8. The van der Waals surface area contributed by atoms with Crippen LogP contribution in [0.25, 0.3) is 21.9 Å². The van der Waals surface area contributed by atoms with Gasteiger partial charge in [0.05, 0.1) is 29.8 Å². The number of para-hydroxylation sites is 1. The van der Waals surface area contributed by atoms with Crippen LogP contribution in [0.3, 0.4) is 0 Å². The lowest BCUT2D eigenvalue weighted by atomic mass is 10.1. The van der Waals surface area contributed by atoms with Crippen LogP contribution in [0, 0.1) is 10.1 Å². The number of amides is 1. The standard InChI is InChI=1S/C23H19N7O4/c31-22(18-11-25-20-4-2-1-3-17(18)20)24-9-10-29-21-19(12-27-29)23(32)28(14-26-21)13-15-5-7-16(8-6-15)30(33)34/h1-8,11-12,14,25H,9-10,13H2,(H,24,31). The van der Waals surface area contributed by atoms with Gasteiger partial charge in [-0.1, -0.05) is 30.3 Å². The van der Waals surface area contributed by atoms with E-state index in [1.165, 1.54) is 29.2 Å². The third kappa shape index (κ3) is 3.90. The van der Waals surface area contributed by atoms with Crippen molar-refractivity contribution in [2.45, 2.75) is 13.1 Å². The Bertz CT molecular complexity index is 1580. The molecule has 0 unspecified atom stereocenters. The summed E-state index contributed by atoms with van der Waals surface area (Å²) >= 11 is 0. The first-order chi connectivity index (χ1) is 16.5. The van der Waals surface area contributed by atoms with E-state index in [0.29, 0.717) is 29.7 Å². The first kappa shape index (κ1) is 21.1. The van der Waals surface area contributed by atoms with Gasteiger partial charge in [-0.25, -0.2) is 9.67 Å². The summed E-state index contributed by atoms with van der Waals surface area (Å²) in [6, 6.07) is 13.6. The van der Waals surface area contributed by atoms with Gasteiger partial charge in [-0.2, -0.15) is 5.10 Å². The third-order valence-electron chi connectivity index (χ3n) is 5.57. The molecule has 1 amide bonds. The number of nitro groups is 1. The molecule has 0 saturated carbocycles. The Morgan fingerprint density at radius 1 is 1.12 bits per heavy atom. The topological polar surface area (TPSA) is 141 Å². The van der Waals surface area contributed by atoms with E-state index in [1.807, 2.05) is 24.3 Å². The predicted molar refractivity (Wildman–Crippen MR) is 125 cm³/mol. The second kappa shape index (κ2) is 8.62. The number of hydrogen-bond acceptors (Lipinski definition) is 6. The van der Waals surface area contributed by atoms with Gasteiger partial charge in [0, 0.05) is 35.8 Å². The van der Waals surface area contributed by atoms with E-state index in [9.17, 15) is 19.7 Å². The largest absolute Gasteiger partial charge is 0.360 e. The maximum Gasteiger partial charge on any atom is 0.269 e. The monoisotopic (exact) mass is 457 g/mol. The highest BCUT2D eigenvalue weighted by atomic mass is 16.6. The molecule has 0 aliphatic heterocycles. The van der Waals surface area contributed by atoms with Gasteiger partial charge in [0.2, 0.25) is 0 Å². The number of rotatable bonds is 7. The zero-order chi connectivity index (χ0) is 23.7. The van der Waals surface area contributed by atoms with E-state index in [-0.39, 0.29) is 23.7 Å². The van der Waals surface area contributed by atoms with Crippen molar-refractivity contribution in [2.24, 2.45) is 0 Å². The Balaban J connectivity index is 1.27. The van der Waals surface area contributed by atoms with Crippen LogP contribution in [0.15, 0.2) is 72.0 Å². The molecule has 11 nitrogen and oxygen atoms in total. The summed E-state index contributed by atoms with van der Waals surface area (Å²) in [4.78, 5) is 43.2. The Hall–Kier alpha value is -4.80. The highest BCUT2D eigenvalue weighted by molar-refractivity contribution is 6.06. The van der Waals surface area contributed by atoms with E-state index in [0.717, 1.165) is 16.5 Å². The molecule has 2 aromatic carbocycles. The molecule has 0 aliphatic rings. The molecule has 170 valence electrons. The van der Waals surface area contributed by atoms with Crippen molar-refractivity contribution in [2.75, 3.05) is 6.54 Å². The second-order valence-electron chi connectivity index (χ2n) is 7.71. The average molecular weight is 457 g/mol. The average Bonchev–Trinajstić information content (AvgIpc) is 3.46. The number of carbonyl (C=O) groups is 1. The molecule has 0 bridgehead atoms. The summed E-state index contributed by atoms with van der Waals surface area (Å²) in [6.45, 7) is 0.880. The van der Waals surface area contributed by atoms with Crippen LogP contribution >= 0.6 is 0 Å². The number of carbonyl (C=O) groups excluding carboxylic acids is 1. The molecule has 0 saturated heterocycles. The number of fused-ring (bicyclic) bond motifs is 2. The molecule has 0 atom stereocenters. The van der Waals surface area contributed by atoms with Crippen LogP contribution in [0.1, 0.15) is 15.9 Å². The van der Waals surface area contributed by atoms with Crippen molar-refractivity contribution in [1.29, 1.82) is 0 Å². The lowest BCUT2D eigenvalue weighted by Crippen LogP contribution is -2.27. The molecule has 5 aromatic rings. The molecule has 0 aliphatic carbocycles. The van der Waals surface area contributed by atoms with Crippen LogP contribution < -0.4 is 10.9 Å². The quantitative estimate of drug-likeness (QED) is 0.284. The lowest BCUT2D eigenvalue weighted by molar-refractivity contribution is -0.384. The van der Waals surface area contributed by atoms with Gasteiger partial charge < -0.3 is 10.3 Å². The maximum absolute atomic E-state index is 12.9. The van der Waals surface area contributed by atoms with E-state index in [2.05, 4.69) is 20.4 Å². The van der Waals surface area contributed by atoms with Gasteiger partial charge in [0.1, 0.15) is 11.7 Å². The van der Waals surface area contributed by atoms with Crippen molar-refractivity contribution in [3.63, 3.8) is 0 Å². The van der Waals surface area contributed by atoms with Crippen LogP contribution in [0.2, 0.25) is 0 Å². The highest BCUT2D eigenvalue weighted by Gasteiger charge is 2.13. The van der Waals surface area contributed by atoms with Crippen molar-refractivity contribution in [3.8, 4) is 0 Å². The minimum atomic E-state index is -0.471. The SMILES string of the molecule is O=C(NCCn1ncc2c(=O)n(Cc3ccc([N+](=O)[O-])cc3)cnc21)c1c[nH]c2ccccc12. The van der Waals surface area contributed by atoms with Crippen molar-refractivity contribution >= 4 is 33.5 Å². The molecular weight excluding hydrogens is 438 g/mol. The first-order valence-corrected chi connectivity index (χ1v) is 10.5. The number of hydrogen-bond donors (Lipinski definition) is 2. The fourth-order valence-electron chi connectivity index (χ4n) is 3.82. The van der Waals surface area contributed by atoms with Crippen molar-refractivity contribution in [3.05, 3.63) is 98.8 Å². The van der Waals surface area contributed by atoms with Crippen LogP contribution in [0.4, 0.5) is 5.69 Å². The van der Waals surface area contributed by atoms with Gasteiger partial charge in [0.15, 0.2) is 5.65 Å². The summed E-state index contributed by atoms with van der Waals surface area (Å²) in [5.41, 5.74) is 2.33. The number of non-ortho nitro benzene ring substituents is 1. The van der Waals surface area contributed by atoms with Gasteiger partial charge in [-0.15, -0.1) is 0 Å². The number of aromatic amines is 1. The van der Waals surface area contributed by atoms with Gasteiger partial charge in [-0.05, 0) is 11.6 Å². The molecule has 2 N–H and O–H groups in total. The number of benzene rings is 2. The Labute approximate surface area is 191 Å². The van der Waals surface area contributed by atoms with Crippen molar-refractivity contribution < 1.29 is 9.72 Å². The van der Waals surface area contributed by atoms with Gasteiger partial charge in [0.25, 0.3) is 17.2 Å². The van der Waals surface area contributed by atoms with Crippen molar-refractivity contribution in [1.82, 2.24) is 29.6 Å². The molecule has 34 heavy (non-hydrogen) atoms. The summed E-state index contributed by atoms with van der Waals surface area (Å²) < 4.78 is 3.00. The number of aromatic nitrogens is 5. The normalized spacial score (nSPS) is 11.2. The Kier molecular flexibility index (Phi) is 5.34. The minimum absolute atomic E-state index is 0.0114. The maximum atomic E-state index is 12.9. The fraction of sp³-hybridized carbons (Fsp3) is 0.130. The molecule has 3 heterocycles. The summed E-state index contributed by atoms with van der Waals surface area (Å²) in [7, 11) is 0. The Morgan fingerprint density at radius 3 is 2.71 bits per heavy atom. The lowest BCUT2D eigenvalue weighted by Gasteiger charge is -2.07. The smallest absolute Gasteiger partial charge is 0.269 e. The van der Waals surface area contributed by atoms with Crippen LogP contribution in [0.5, 0.6) is 0 Å². The molecule has 0 fully saturated rings. The first-order valence-electron chi connectivity index (χ1n) is 10.5. The zero-order valence-electron chi connectivity index (χ0n) is 17.8. The minimum Gasteiger partial charge on any atom is -0.360 e. The number of H-pyrrole nitrogens is 1. The molecule has 11 heteroatoms. The molecule has 0 spiro atoms. The predicted octanol–water partition coefficient (Wildman–Crippen LogP) is 2.46. The second-order valence-corrected chi connectivity index (χ2v) is 7.71. The number of nitro benzene ring substituents is 1. The highest BCUT2D eigenvalue weighted by Crippen LogP contribution is 2.17. The van der Waals surface area contributed by atoms with Gasteiger partial charge in [-0.3, -0.25) is 24.3 Å². The van der Waals surface area contributed by atoms with Crippen LogP contribution in [-0.2, 0) is 13.1 Å². The van der Waals surface area contributed by atoms with E-state index >= 15 is 0 Å². The third-order valence-corrected chi connectivity index (χ3v) is 5.57. The van der Waals surface area contributed by atoms with E-state index in [1.54, 1.807) is 23.0 Å². The summed E-state index contributed by atoms with van der Waals surface area (Å²) in [5, 5.41) is 19.1. The molecule has 3 aromatic heterocycles. The van der Waals surface area contributed by atoms with Gasteiger partial charge >= 0.3 is 0 Å². The number of nitrogens with one attached hydrogen (secondary N) is 2. The number of nitrogens with zero attached hydrogens (tertiary/aromatic N) is 5. The van der Waals surface area contributed by atoms with Crippen LogP contribution in [-0.4, -0.2) is 41.7 Å². The Morgan fingerprint density at radius 2 is 1.91 bits per heavy atom. The molecular formula is C23H19N7O4. The molecule has 0 radical (unpaired) electrons. The van der Waals surface area contributed by atoms with E-state index in [4.69, 9.17) is 0 Å². The fourth-order valence-corrected chi connectivity index (χ4v) is 3.82. The summed E-state index contributed by atoms with van der Waals surface area (Å²) in [5.74, 6) is -0.202. The molecule has 5 rings (SSSR count). The van der Waals surface area contributed by atoms with E-state index < -0.39 is 4.92 Å². The summed E-state index contributed by atoms with van der Waals surface area (Å²) in [6.07, 6.45) is 4.56.